The van der Waals surface area contributed by atoms with E-state index in [-0.39, 0.29) is 5.56 Å². The molecule has 2 rings (SSSR count). The number of thioether (sulfide) groups is 1. The molecule has 0 bridgehead atoms. The number of H-pyrrole nitrogens is 1. The van der Waals surface area contributed by atoms with E-state index in [1.54, 1.807) is 0 Å². The lowest BCUT2D eigenvalue weighted by Crippen LogP contribution is -2.07. The first-order chi connectivity index (χ1) is 7.76. The van der Waals surface area contributed by atoms with E-state index in [1.807, 2.05) is 23.8 Å². The monoisotopic (exact) mass is 248 g/mol. The molecule has 0 fully saturated rings. The van der Waals surface area contributed by atoms with Crippen molar-refractivity contribution < 1.29 is 0 Å². The maximum Gasteiger partial charge on any atom is 0.249 e. The molecule has 0 saturated carbocycles. The highest BCUT2D eigenvalue weighted by Gasteiger charge is 2.12. The summed E-state index contributed by atoms with van der Waals surface area (Å²) < 4.78 is 0. The van der Waals surface area contributed by atoms with Crippen LogP contribution >= 0.6 is 23.1 Å². The van der Waals surface area contributed by atoms with Gasteiger partial charge in [-0.2, -0.15) is 5.26 Å². The Morgan fingerprint density at radius 2 is 2.38 bits per heavy atom. The van der Waals surface area contributed by atoms with E-state index in [1.165, 1.54) is 29.2 Å². The molecule has 0 unspecified atom stereocenters. The van der Waals surface area contributed by atoms with Gasteiger partial charge >= 0.3 is 0 Å². The van der Waals surface area contributed by atoms with Gasteiger partial charge in [0.2, 0.25) is 5.56 Å². The van der Waals surface area contributed by atoms with Crippen LogP contribution in [0.1, 0.15) is 5.56 Å². The molecule has 0 aliphatic carbocycles. The van der Waals surface area contributed by atoms with Gasteiger partial charge in [-0.3, -0.25) is 4.79 Å². The van der Waals surface area contributed by atoms with Gasteiger partial charge in [-0.1, -0.05) is 6.07 Å². The highest BCUT2D eigenvalue weighted by atomic mass is 32.2. The molecular weight excluding hydrogens is 240 g/mol. The van der Waals surface area contributed by atoms with E-state index >= 15 is 0 Å². The van der Waals surface area contributed by atoms with E-state index < -0.39 is 0 Å². The zero-order valence-corrected chi connectivity index (χ0v) is 10.1. The molecule has 0 aromatic carbocycles. The van der Waals surface area contributed by atoms with Gasteiger partial charge in [-0.15, -0.1) is 23.1 Å². The second-order valence-corrected chi connectivity index (χ2v) is 4.81. The Balaban J connectivity index is 2.75. The smallest absolute Gasteiger partial charge is 0.249 e. The zero-order chi connectivity index (χ0) is 11.5. The van der Waals surface area contributed by atoms with Crippen molar-refractivity contribution in [1.29, 1.82) is 5.26 Å². The van der Waals surface area contributed by atoms with E-state index in [0.29, 0.717) is 16.2 Å². The van der Waals surface area contributed by atoms with Gasteiger partial charge in [0.05, 0.1) is 10.6 Å². The summed E-state index contributed by atoms with van der Waals surface area (Å²) in [5.41, 5.74) is 1.08. The molecule has 0 atom stereocenters. The molecule has 2 heterocycles. The molecular formula is C11H8N2OS2. The van der Waals surface area contributed by atoms with Crippen LogP contribution in [-0.4, -0.2) is 11.2 Å². The normalized spacial score (nSPS) is 10.0. The van der Waals surface area contributed by atoms with Gasteiger partial charge in [-0.25, -0.2) is 0 Å². The highest BCUT2D eigenvalue weighted by Crippen LogP contribution is 2.30. The molecule has 2 aromatic rings. The largest absolute Gasteiger partial charge is 0.316 e. The molecule has 0 spiro atoms. The lowest BCUT2D eigenvalue weighted by atomic mass is 10.1. The predicted molar refractivity (Wildman–Crippen MR) is 66.9 cm³/mol. The van der Waals surface area contributed by atoms with Crippen molar-refractivity contribution in [3.63, 3.8) is 0 Å². The molecule has 3 nitrogen and oxygen atoms in total. The molecule has 0 aliphatic heterocycles. The van der Waals surface area contributed by atoms with Crippen LogP contribution in [0.25, 0.3) is 10.4 Å². The summed E-state index contributed by atoms with van der Waals surface area (Å²) in [4.78, 5) is 15.1. The number of nitriles is 1. The molecule has 0 radical (unpaired) electrons. The van der Waals surface area contributed by atoms with Crippen molar-refractivity contribution in [3.05, 3.63) is 39.5 Å². The quantitative estimate of drug-likeness (QED) is 0.831. The number of thiophene rings is 1. The Kier molecular flexibility index (Phi) is 3.13. The van der Waals surface area contributed by atoms with Crippen molar-refractivity contribution in [2.75, 3.05) is 6.26 Å². The van der Waals surface area contributed by atoms with Crippen molar-refractivity contribution in [3.8, 4) is 16.5 Å². The second-order valence-electron chi connectivity index (χ2n) is 3.04. The minimum atomic E-state index is -0.174. The summed E-state index contributed by atoms with van der Waals surface area (Å²) in [6, 6.07) is 7.43. The molecule has 16 heavy (non-hydrogen) atoms. The fourth-order valence-electron chi connectivity index (χ4n) is 1.43. The number of hydrogen-bond acceptors (Lipinski definition) is 4. The maximum atomic E-state index is 11.5. The lowest BCUT2D eigenvalue weighted by Gasteiger charge is -2.04. The summed E-state index contributed by atoms with van der Waals surface area (Å²) >= 11 is 2.89. The number of rotatable bonds is 2. The predicted octanol–water partition coefficient (Wildman–Crippen LogP) is 2.70. The zero-order valence-electron chi connectivity index (χ0n) is 8.48. The van der Waals surface area contributed by atoms with Gasteiger partial charge in [0.1, 0.15) is 6.07 Å². The van der Waals surface area contributed by atoms with Crippen LogP contribution in [-0.2, 0) is 0 Å². The molecule has 2 aromatic heterocycles. The van der Waals surface area contributed by atoms with E-state index in [0.717, 1.165) is 4.88 Å². The molecule has 5 heteroatoms. The first kappa shape index (κ1) is 11.0. The first-order valence-corrected chi connectivity index (χ1v) is 6.62. The third kappa shape index (κ3) is 1.90. The second kappa shape index (κ2) is 4.56. The first-order valence-electron chi connectivity index (χ1n) is 4.51. The number of nitrogens with zero attached hydrogens (tertiary/aromatic N) is 1. The molecule has 1 N–H and O–H groups in total. The number of hydrogen-bond donors (Lipinski definition) is 1. The van der Waals surface area contributed by atoms with E-state index in [4.69, 9.17) is 5.26 Å². The van der Waals surface area contributed by atoms with Crippen LogP contribution in [0.4, 0.5) is 0 Å². The van der Waals surface area contributed by atoms with Crippen LogP contribution in [0.5, 0.6) is 0 Å². The average Bonchev–Trinajstić information content (AvgIpc) is 2.81. The van der Waals surface area contributed by atoms with Gasteiger partial charge in [-0.05, 0) is 17.7 Å². The van der Waals surface area contributed by atoms with Crippen LogP contribution in [0, 0.1) is 11.3 Å². The summed E-state index contributed by atoms with van der Waals surface area (Å²) in [6.07, 6.45) is 1.84. The van der Waals surface area contributed by atoms with Crippen molar-refractivity contribution >= 4 is 23.1 Å². The van der Waals surface area contributed by atoms with Crippen molar-refractivity contribution in [1.82, 2.24) is 4.98 Å². The average molecular weight is 248 g/mol. The van der Waals surface area contributed by atoms with E-state index in [2.05, 4.69) is 11.1 Å². The molecule has 0 saturated heterocycles. The minimum absolute atomic E-state index is 0.174. The fraction of sp³-hybridized carbons (Fsp3) is 0.0909. The fourth-order valence-corrected chi connectivity index (χ4v) is 2.74. The van der Waals surface area contributed by atoms with E-state index in [9.17, 15) is 4.79 Å². The van der Waals surface area contributed by atoms with Gasteiger partial charge in [0.25, 0.3) is 0 Å². The highest BCUT2D eigenvalue weighted by molar-refractivity contribution is 7.98. The molecule has 80 valence electrons. The number of pyridine rings is 1. The number of aromatic amines is 1. The summed E-state index contributed by atoms with van der Waals surface area (Å²) in [5, 5.41) is 11.7. The molecule has 0 amide bonds. The maximum absolute atomic E-state index is 11.5. The Morgan fingerprint density at radius 1 is 1.56 bits per heavy atom. The summed E-state index contributed by atoms with van der Waals surface area (Å²) in [6.45, 7) is 0. The number of aromatic nitrogens is 1. The Morgan fingerprint density at radius 3 is 2.94 bits per heavy atom. The third-order valence-electron chi connectivity index (χ3n) is 2.11. The van der Waals surface area contributed by atoms with Crippen molar-refractivity contribution in [2.45, 2.75) is 5.03 Å². The Bertz CT molecular complexity index is 593. The van der Waals surface area contributed by atoms with Gasteiger partial charge < -0.3 is 4.98 Å². The van der Waals surface area contributed by atoms with Crippen molar-refractivity contribution in [2.24, 2.45) is 0 Å². The summed E-state index contributed by atoms with van der Waals surface area (Å²) in [7, 11) is 0. The van der Waals surface area contributed by atoms with Crippen LogP contribution in [0.2, 0.25) is 0 Å². The standard InChI is InChI=1S/C11H8N2OS2/c1-15-11-8(6-12)7(5-10(14)13-11)9-3-2-4-16-9/h2-5H,1H3,(H,13,14). The van der Waals surface area contributed by atoms with Crippen LogP contribution in [0.15, 0.2) is 33.4 Å². The third-order valence-corrected chi connectivity index (χ3v) is 3.73. The lowest BCUT2D eigenvalue weighted by molar-refractivity contribution is 1.07. The van der Waals surface area contributed by atoms with Crippen LogP contribution < -0.4 is 5.56 Å². The van der Waals surface area contributed by atoms with Crippen LogP contribution in [0.3, 0.4) is 0 Å². The minimum Gasteiger partial charge on any atom is -0.316 e. The van der Waals surface area contributed by atoms with Gasteiger partial charge in [0, 0.05) is 16.5 Å². The van der Waals surface area contributed by atoms with Gasteiger partial charge in [0.15, 0.2) is 0 Å². The topological polar surface area (TPSA) is 56.6 Å². The Labute approximate surface area is 101 Å². The SMILES string of the molecule is CSc1[nH]c(=O)cc(-c2cccs2)c1C#N. The number of nitrogens with one attached hydrogen (secondary N) is 1. The summed E-state index contributed by atoms with van der Waals surface area (Å²) in [5.74, 6) is 0. The Hall–Kier alpha value is -1.51. The molecule has 0 aliphatic rings.